The quantitative estimate of drug-likeness (QED) is 0.262. The number of hydrogen-bond donors (Lipinski definition) is 1. The van der Waals surface area contributed by atoms with Gasteiger partial charge >= 0.3 is 0 Å². The number of rotatable bonds is 6. The lowest BCUT2D eigenvalue weighted by Crippen LogP contribution is -2.53. The van der Waals surface area contributed by atoms with E-state index >= 15 is 0 Å². The topological polar surface area (TPSA) is 49.8 Å². The second-order valence-corrected chi connectivity index (χ2v) is 9.91. The highest BCUT2D eigenvalue weighted by Gasteiger charge is 2.58. The summed E-state index contributed by atoms with van der Waals surface area (Å²) in [6.45, 7) is 1.97. The Morgan fingerprint density at radius 2 is 1.18 bits per heavy atom. The molecular formula is C35H29NO3. The zero-order valence-electron chi connectivity index (χ0n) is 21.9. The maximum absolute atomic E-state index is 15.0. The number of carbonyl (C=O) groups excluding carboxylic acids is 1. The number of aryl methyl sites for hydroxylation is 1. The molecule has 1 aliphatic heterocycles. The van der Waals surface area contributed by atoms with Gasteiger partial charge in [-0.3, -0.25) is 9.69 Å². The van der Waals surface area contributed by atoms with Crippen molar-refractivity contribution in [3.8, 4) is 5.75 Å². The molecule has 1 atom stereocenters. The van der Waals surface area contributed by atoms with Crippen molar-refractivity contribution in [2.45, 2.75) is 18.1 Å². The van der Waals surface area contributed by atoms with Crippen LogP contribution in [-0.4, -0.2) is 18.1 Å². The van der Waals surface area contributed by atoms with Crippen LogP contribution in [0.4, 0.5) is 5.69 Å². The van der Waals surface area contributed by atoms with E-state index in [-0.39, 0.29) is 0 Å². The van der Waals surface area contributed by atoms with Crippen LogP contribution in [0, 0.1) is 6.92 Å². The number of anilines is 1. The first-order valence-corrected chi connectivity index (χ1v) is 13.0. The first-order chi connectivity index (χ1) is 19.0. The fourth-order valence-electron chi connectivity index (χ4n) is 5.89. The smallest absolute Gasteiger partial charge is 0.269 e. The number of fused-ring (bicyclic) bond motifs is 1. The van der Waals surface area contributed by atoms with Gasteiger partial charge < -0.3 is 9.84 Å². The molecule has 5 aromatic rings. The van der Waals surface area contributed by atoms with Crippen LogP contribution in [0.15, 0.2) is 133 Å². The first kappa shape index (κ1) is 24.7. The minimum absolute atomic E-state index is 0.412. The molecule has 0 spiro atoms. The van der Waals surface area contributed by atoms with Crippen LogP contribution in [0.2, 0.25) is 0 Å². The van der Waals surface area contributed by atoms with E-state index in [1.54, 1.807) is 36.3 Å². The maximum Gasteiger partial charge on any atom is 0.269 e. The van der Waals surface area contributed by atoms with E-state index in [9.17, 15) is 9.90 Å². The molecule has 0 bridgehead atoms. The molecule has 192 valence electrons. The van der Waals surface area contributed by atoms with Crippen LogP contribution in [0.5, 0.6) is 5.75 Å². The monoisotopic (exact) mass is 511 g/mol. The lowest BCUT2D eigenvalue weighted by atomic mass is 9.75. The number of amides is 1. The zero-order chi connectivity index (χ0) is 27.0. The first-order valence-electron chi connectivity index (χ1n) is 13.0. The molecule has 6 rings (SSSR count). The number of nitrogens with zero attached hydrogens (tertiary/aromatic N) is 1. The van der Waals surface area contributed by atoms with Gasteiger partial charge in [0.2, 0.25) is 0 Å². The van der Waals surface area contributed by atoms with Gasteiger partial charge in [-0.05, 0) is 47.4 Å². The third-order valence-electron chi connectivity index (χ3n) is 7.71. The molecule has 0 radical (unpaired) electrons. The third kappa shape index (κ3) is 3.68. The molecule has 1 aliphatic rings. The Bertz CT molecular complexity index is 1520. The molecule has 1 amide bonds. The van der Waals surface area contributed by atoms with Gasteiger partial charge in [-0.1, -0.05) is 121 Å². The number of carbonyl (C=O) groups is 1. The van der Waals surface area contributed by atoms with Crippen LogP contribution in [0.3, 0.4) is 0 Å². The molecule has 39 heavy (non-hydrogen) atoms. The van der Waals surface area contributed by atoms with Gasteiger partial charge in [-0.2, -0.15) is 0 Å². The summed E-state index contributed by atoms with van der Waals surface area (Å²) in [4.78, 5) is 16.8. The number of ether oxygens (including phenoxy) is 1. The molecule has 0 saturated carbocycles. The third-order valence-corrected chi connectivity index (χ3v) is 7.71. The van der Waals surface area contributed by atoms with Gasteiger partial charge in [0.05, 0.1) is 12.8 Å². The van der Waals surface area contributed by atoms with Crippen molar-refractivity contribution < 1.29 is 14.6 Å². The molecular weight excluding hydrogens is 482 g/mol. The molecule has 4 heteroatoms. The highest BCUT2D eigenvalue weighted by molar-refractivity contribution is 6.11. The molecule has 1 heterocycles. The predicted molar refractivity (Wildman–Crippen MR) is 154 cm³/mol. The summed E-state index contributed by atoms with van der Waals surface area (Å²) in [6, 6.07) is 43.1. The number of benzene rings is 5. The van der Waals surface area contributed by atoms with Gasteiger partial charge in [0.1, 0.15) is 11.3 Å². The molecule has 0 aromatic heterocycles. The molecule has 0 fully saturated rings. The average molecular weight is 512 g/mol. The number of methoxy groups -OCH3 is 1. The van der Waals surface area contributed by atoms with E-state index in [0.29, 0.717) is 22.6 Å². The van der Waals surface area contributed by atoms with Crippen molar-refractivity contribution in [3.05, 3.63) is 167 Å². The van der Waals surface area contributed by atoms with Crippen molar-refractivity contribution in [1.29, 1.82) is 0 Å². The lowest BCUT2D eigenvalue weighted by Gasteiger charge is -2.44. The summed E-state index contributed by atoms with van der Waals surface area (Å²) in [5, 5.41) is 12.5. The highest BCUT2D eigenvalue weighted by Crippen LogP contribution is 2.54. The Balaban J connectivity index is 1.72. The fraction of sp³-hybridized carbons (Fsp3) is 0.114. The number of aliphatic hydroxyl groups is 1. The molecule has 0 aliphatic carbocycles. The molecule has 0 saturated heterocycles. The summed E-state index contributed by atoms with van der Waals surface area (Å²) < 4.78 is 5.35. The number of hydrogen-bond acceptors (Lipinski definition) is 3. The normalized spacial score (nSPS) is 16.7. The van der Waals surface area contributed by atoms with Gasteiger partial charge in [-0.15, -0.1) is 0 Å². The summed E-state index contributed by atoms with van der Waals surface area (Å²) >= 11 is 0. The Labute approximate surface area is 228 Å². The largest absolute Gasteiger partial charge is 0.497 e. The lowest BCUT2D eigenvalue weighted by molar-refractivity contribution is -0.133. The predicted octanol–water partition coefficient (Wildman–Crippen LogP) is 6.58. The highest BCUT2D eigenvalue weighted by atomic mass is 16.5. The molecule has 5 aromatic carbocycles. The fourth-order valence-corrected chi connectivity index (χ4v) is 5.89. The second kappa shape index (κ2) is 9.57. The Morgan fingerprint density at radius 1 is 0.692 bits per heavy atom. The van der Waals surface area contributed by atoms with Crippen LogP contribution in [0.1, 0.15) is 33.4 Å². The van der Waals surface area contributed by atoms with Crippen LogP contribution in [-0.2, 0) is 15.9 Å². The SMILES string of the molecule is COc1ccc(C2(O)C(=O)N(C(c3ccccc3)(c3ccccc3)c3ccccc3)c3ccc(C)cc32)cc1. The maximum atomic E-state index is 15.0. The van der Waals surface area contributed by atoms with E-state index in [4.69, 9.17) is 4.74 Å². The minimum atomic E-state index is -1.89. The van der Waals surface area contributed by atoms with E-state index in [1.807, 2.05) is 116 Å². The molecule has 1 N–H and O–H groups in total. The van der Waals surface area contributed by atoms with Gasteiger partial charge in [-0.25, -0.2) is 0 Å². The second-order valence-electron chi connectivity index (χ2n) is 9.91. The van der Waals surface area contributed by atoms with Crippen LogP contribution >= 0.6 is 0 Å². The summed E-state index contributed by atoms with van der Waals surface area (Å²) in [5.74, 6) is 0.242. The van der Waals surface area contributed by atoms with E-state index in [2.05, 4.69) is 0 Å². The van der Waals surface area contributed by atoms with Crippen molar-refractivity contribution in [1.82, 2.24) is 0 Å². The Morgan fingerprint density at radius 3 is 1.64 bits per heavy atom. The summed E-state index contributed by atoms with van der Waals surface area (Å²) in [5.41, 5.74) is 2.49. The van der Waals surface area contributed by atoms with E-state index < -0.39 is 17.0 Å². The van der Waals surface area contributed by atoms with Crippen LogP contribution in [0.25, 0.3) is 0 Å². The summed E-state index contributed by atoms with van der Waals surface area (Å²) in [6.07, 6.45) is 0. The van der Waals surface area contributed by atoms with E-state index in [0.717, 1.165) is 22.3 Å². The Hall–Kier alpha value is -4.67. The van der Waals surface area contributed by atoms with Crippen molar-refractivity contribution >= 4 is 11.6 Å². The molecule has 1 unspecified atom stereocenters. The minimum Gasteiger partial charge on any atom is -0.497 e. The summed E-state index contributed by atoms with van der Waals surface area (Å²) in [7, 11) is 1.60. The van der Waals surface area contributed by atoms with Crippen LogP contribution < -0.4 is 9.64 Å². The molecule has 4 nitrogen and oxygen atoms in total. The van der Waals surface area contributed by atoms with Gasteiger partial charge in [0.25, 0.3) is 5.91 Å². The van der Waals surface area contributed by atoms with Crippen molar-refractivity contribution in [2.75, 3.05) is 12.0 Å². The standard InChI is InChI=1S/C35H29NO3/c1-25-18-23-32-31(24-25)35(38,29-19-21-30(39-2)22-20-29)33(37)36(32)34(26-12-6-3-7-13-26,27-14-8-4-9-15-27)28-16-10-5-11-17-28/h3-24,38H,1-2H3. The average Bonchev–Trinajstić information content (AvgIpc) is 3.22. The Kier molecular flexibility index (Phi) is 6.05. The zero-order valence-corrected chi connectivity index (χ0v) is 21.9. The van der Waals surface area contributed by atoms with Crippen molar-refractivity contribution in [2.24, 2.45) is 0 Å². The van der Waals surface area contributed by atoms with Gasteiger partial charge in [0, 0.05) is 5.56 Å². The van der Waals surface area contributed by atoms with Crippen molar-refractivity contribution in [3.63, 3.8) is 0 Å². The van der Waals surface area contributed by atoms with Gasteiger partial charge in [0.15, 0.2) is 5.60 Å². The van der Waals surface area contributed by atoms with E-state index in [1.165, 1.54) is 0 Å².